The molecule has 1 rings (SSSR count). The first-order valence-corrected chi connectivity index (χ1v) is 4.81. The SMILES string of the molecule is COc1cc(Br)c(N)cc1I. The molecule has 2 nitrogen and oxygen atoms in total. The highest BCUT2D eigenvalue weighted by molar-refractivity contribution is 14.1. The zero-order valence-corrected chi connectivity index (χ0v) is 9.64. The van der Waals surface area contributed by atoms with Gasteiger partial charge in [-0.15, -0.1) is 0 Å². The third kappa shape index (κ3) is 1.99. The van der Waals surface area contributed by atoms with Crippen LogP contribution < -0.4 is 10.5 Å². The minimum absolute atomic E-state index is 0.732. The smallest absolute Gasteiger partial charge is 0.133 e. The predicted molar refractivity (Wildman–Crippen MR) is 57.8 cm³/mol. The van der Waals surface area contributed by atoms with Crippen molar-refractivity contribution in [3.8, 4) is 5.75 Å². The molecule has 0 saturated heterocycles. The predicted octanol–water partition coefficient (Wildman–Crippen LogP) is 2.64. The lowest BCUT2D eigenvalue weighted by Gasteiger charge is -2.05. The van der Waals surface area contributed by atoms with Crippen molar-refractivity contribution in [2.24, 2.45) is 0 Å². The number of halogens is 2. The van der Waals surface area contributed by atoms with Gasteiger partial charge in [-0.2, -0.15) is 0 Å². The maximum absolute atomic E-state index is 5.64. The minimum Gasteiger partial charge on any atom is -0.496 e. The largest absolute Gasteiger partial charge is 0.496 e. The standard InChI is InChI=1S/C7H7BrINO/c1-11-7-2-4(8)6(10)3-5(7)9/h2-3H,10H2,1H3. The molecule has 0 aromatic heterocycles. The van der Waals surface area contributed by atoms with Gasteiger partial charge in [0, 0.05) is 10.2 Å². The molecule has 0 spiro atoms. The fraction of sp³-hybridized carbons (Fsp3) is 0.143. The van der Waals surface area contributed by atoms with Crippen LogP contribution in [0.4, 0.5) is 5.69 Å². The molecule has 0 aliphatic rings. The number of hydrogen-bond donors (Lipinski definition) is 1. The Bertz CT molecular complexity index is 277. The Morgan fingerprint density at radius 3 is 2.73 bits per heavy atom. The summed E-state index contributed by atoms with van der Waals surface area (Å²) in [5.74, 6) is 0.840. The molecular formula is C7H7BrINO. The van der Waals surface area contributed by atoms with Crippen molar-refractivity contribution in [3.63, 3.8) is 0 Å². The number of nitrogen functional groups attached to an aromatic ring is 1. The van der Waals surface area contributed by atoms with Crippen LogP contribution in [0.25, 0.3) is 0 Å². The molecule has 0 fully saturated rings. The Morgan fingerprint density at radius 2 is 2.18 bits per heavy atom. The van der Waals surface area contributed by atoms with Gasteiger partial charge in [-0.05, 0) is 50.7 Å². The van der Waals surface area contributed by atoms with E-state index < -0.39 is 0 Å². The van der Waals surface area contributed by atoms with Crippen molar-refractivity contribution in [3.05, 3.63) is 20.2 Å². The molecule has 0 unspecified atom stereocenters. The van der Waals surface area contributed by atoms with Crippen molar-refractivity contribution in [2.45, 2.75) is 0 Å². The lowest BCUT2D eigenvalue weighted by atomic mass is 10.3. The first kappa shape index (κ1) is 9.12. The first-order chi connectivity index (χ1) is 5.15. The van der Waals surface area contributed by atoms with E-state index in [1.165, 1.54) is 0 Å². The molecule has 0 radical (unpaired) electrons. The van der Waals surface area contributed by atoms with Gasteiger partial charge in [-0.25, -0.2) is 0 Å². The highest BCUT2D eigenvalue weighted by atomic mass is 127. The fourth-order valence-corrected chi connectivity index (χ4v) is 1.73. The van der Waals surface area contributed by atoms with Gasteiger partial charge in [0.25, 0.3) is 0 Å². The molecule has 0 aliphatic heterocycles. The van der Waals surface area contributed by atoms with Crippen LogP contribution in [0.15, 0.2) is 16.6 Å². The highest BCUT2D eigenvalue weighted by Gasteiger charge is 2.03. The van der Waals surface area contributed by atoms with Crippen LogP contribution in [0.2, 0.25) is 0 Å². The van der Waals surface area contributed by atoms with Crippen molar-refractivity contribution >= 4 is 44.2 Å². The van der Waals surface area contributed by atoms with Crippen LogP contribution in [0.1, 0.15) is 0 Å². The van der Waals surface area contributed by atoms with Gasteiger partial charge in [0.05, 0.1) is 10.7 Å². The molecule has 0 heterocycles. The van der Waals surface area contributed by atoms with E-state index in [4.69, 9.17) is 10.5 Å². The summed E-state index contributed by atoms with van der Waals surface area (Å²) in [5, 5.41) is 0. The molecule has 11 heavy (non-hydrogen) atoms. The Morgan fingerprint density at radius 1 is 1.55 bits per heavy atom. The second-order valence-corrected chi connectivity index (χ2v) is 4.02. The summed E-state index contributed by atoms with van der Waals surface area (Å²) < 4.78 is 6.98. The quantitative estimate of drug-likeness (QED) is 0.635. The number of rotatable bonds is 1. The third-order valence-corrected chi connectivity index (χ3v) is 2.80. The topological polar surface area (TPSA) is 35.2 Å². The summed E-state index contributed by atoms with van der Waals surface area (Å²) in [6.07, 6.45) is 0. The monoisotopic (exact) mass is 327 g/mol. The molecule has 0 amide bonds. The average molecular weight is 328 g/mol. The third-order valence-electron chi connectivity index (χ3n) is 1.27. The van der Waals surface area contributed by atoms with Gasteiger partial charge in [0.1, 0.15) is 5.75 Å². The van der Waals surface area contributed by atoms with E-state index in [9.17, 15) is 0 Å². The Labute approximate surface area is 87.4 Å². The first-order valence-electron chi connectivity index (χ1n) is 2.93. The van der Waals surface area contributed by atoms with E-state index in [1.54, 1.807) is 7.11 Å². The maximum Gasteiger partial charge on any atom is 0.133 e. The van der Waals surface area contributed by atoms with E-state index in [0.29, 0.717) is 0 Å². The summed E-state index contributed by atoms with van der Waals surface area (Å²) in [6.45, 7) is 0. The van der Waals surface area contributed by atoms with E-state index in [0.717, 1.165) is 19.5 Å². The lowest BCUT2D eigenvalue weighted by molar-refractivity contribution is 0.411. The number of ether oxygens (including phenoxy) is 1. The Kier molecular flexibility index (Phi) is 3.00. The molecular weight excluding hydrogens is 321 g/mol. The molecule has 2 N–H and O–H groups in total. The van der Waals surface area contributed by atoms with Crippen molar-refractivity contribution in [1.29, 1.82) is 0 Å². The van der Waals surface area contributed by atoms with Gasteiger partial charge >= 0.3 is 0 Å². The number of benzene rings is 1. The van der Waals surface area contributed by atoms with Crippen LogP contribution in [0.5, 0.6) is 5.75 Å². The van der Waals surface area contributed by atoms with Gasteiger partial charge in [-0.3, -0.25) is 0 Å². The minimum atomic E-state index is 0.732. The number of methoxy groups -OCH3 is 1. The van der Waals surface area contributed by atoms with Crippen LogP contribution in [0, 0.1) is 3.57 Å². The van der Waals surface area contributed by atoms with Crippen molar-refractivity contribution in [2.75, 3.05) is 12.8 Å². The second-order valence-electron chi connectivity index (χ2n) is 2.01. The summed E-state index contributed by atoms with van der Waals surface area (Å²) >= 11 is 5.49. The summed E-state index contributed by atoms with van der Waals surface area (Å²) in [6, 6.07) is 3.72. The van der Waals surface area contributed by atoms with Crippen LogP contribution >= 0.6 is 38.5 Å². The molecule has 0 saturated carbocycles. The summed E-state index contributed by atoms with van der Waals surface area (Å²) in [5.41, 5.74) is 6.37. The van der Waals surface area contributed by atoms with Crippen molar-refractivity contribution < 1.29 is 4.74 Å². The molecule has 4 heteroatoms. The van der Waals surface area contributed by atoms with Crippen LogP contribution in [-0.4, -0.2) is 7.11 Å². The Balaban J connectivity index is 3.21. The van der Waals surface area contributed by atoms with Crippen molar-refractivity contribution in [1.82, 2.24) is 0 Å². The van der Waals surface area contributed by atoms with E-state index in [2.05, 4.69) is 38.5 Å². The number of anilines is 1. The number of hydrogen-bond acceptors (Lipinski definition) is 2. The molecule has 60 valence electrons. The molecule has 0 bridgehead atoms. The van der Waals surface area contributed by atoms with Gasteiger partial charge in [0.15, 0.2) is 0 Å². The molecule has 0 aliphatic carbocycles. The van der Waals surface area contributed by atoms with E-state index >= 15 is 0 Å². The van der Waals surface area contributed by atoms with Crippen LogP contribution in [0.3, 0.4) is 0 Å². The van der Waals surface area contributed by atoms with Gasteiger partial charge in [-0.1, -0.05) is 0 Å². The second kappa shape index (κ2) is 3.62. The fourth-order valence-electron chi connectivity index (χ4n) is 0.700. The maximum atomic E-state index is 5.64. The highest BCUT2D eigenvalue weighted by Crippen LogP contribution is 2.29. The molecule has 1 aromatic carbocycles. The Hall–Kier alpha value is 0.0300. The van der Waals surface area contributed by atoms with Gasteiger partial charge < -0.3 is 10.5 Å². The van der Waals surface area contributed by atoms with E-state index in [-0.39, 0.29) is 0 Å². The average Bonchev–Trinajstić information content (AvgIpc) is 1.97. The zero-order chi connectivity index (χ0) is 8.43. The summed E-state index contributed by atoms with van der Waals surface area (Å²) in [7, 11) is 1.64. The molecule has 1 aromatic rings. The van der Waals surface area contributed by atoms with Crippen LogP contribution in [-0.2, 0) is 0 Å². The number of nitrogens with two attached hydrogens (primary N) is 1. The van der Waals surface area contributed by atoms with E-state index in [1.807, 2.05) is 12.1 Å². The molecule has 0 atom stereocenters. The van der Waals surface area contributed by atoms with Gasteiger partial charge in [0.2, 0.25) is 0 Å². The zero-order valence-electron chi connectivity index (χ0n) is 5.90. The lowest BCUT2D eigenvalue weighted by Crippen LogP contribution is -1.91. The normalized spacial score (nSPS) is 9.73. The summed E-state index contributed by atoms with van der Waals surface area (Å²) in [4.78, 5) is 0.